The van der Waals surface area contributed by atoms with E-state index in [1.54, 1.807) is 5.48 Å². The SMILES string of the molecule is O=C(CCCCCCO/N=C1/C(c2c(O)[nH]c3ccc(Br)cc23)=Nc2ccccc21)NO. The van der Waals surface area contributed by atoms with Gasteiger partial charge < -0.3 is 14.9 Å². The topological polar surface area (TPSA) is 119 Å². The van der Waals surface area contributed by atoms with Crippen LogP contribution in [0.5, 0.6) is 5.88 Å². The van der Waals surface area contributed by atoms with E-state index in [0.29, 0.717) is 36.4 Å². The molecule has 2 heterocycles. The van der Waals surface area contributed by atoms with Gasteiger partial charge in [0.2, 0.25) is 5.91 Å². The van der Waals surface area contributed by atoms with Crippen molar-refractivity contribution in [2.24, 2.45) is 10.1 Å². The molecule has 0 saturated heterocycles. The molecule has 0 bridgehead atoms. The van der Waals surface area contributed by atoms with Crippen molar-refractivity contribution in [1.29, 1.82) is 0 Å². The minimum absolute atomic E-state index is 0.0317. The van der Waals surface area contributed by atoms with E-state index in [1.807, 2.05) is 42.5 Å². The number of carbonyl (C=O) groups excluding carboxylic acids is 1. The predicted octanol–water partition coefficient (Wildman–Crippen LogP) is 4.95. The lowest BCUT2D eigenvalue weighted by molar-refractivity contribution is -0.129. The van der Waals surface area contributed by atoms with E-state index in [2.05, 4.69) is 26.1 Å². The number of hydroxylamine groups is 1. The molecule has 0 spiro atoms. The maximum Gasteiger partial charge on any atom is 0.243 e. The highest BCUT2D eigenvalue weighted by atomic mass is 79.9. The van der Waals surface area contributed by atoms with Gasteiger partial charge in [0.15, 0.2) is 5.88 Å². The maximum absolute atomic E-state index is 11.0. The van der Waals surface area contributed by atoms with E-state index in [9.17, 15) is 9.90 Å². The van der Waals surface area contributed by atoms with Crippen LogP contribution < -0.4 is 5.48 Å². The van der Waals surface area contributed by atoms with Crippen LogP contribution in [0.4, 0.5) is 5.69 Å². The second kappa shape index (κ2) is 9.97. The smallest absolute Gasteiger partial charge is 0.243 e. The molecule has 4 rings (SSSR count). The Morgan fingerprint density at radius 1 is 1.16 bits per heavy atom. The molecule has 0 saturated carbocycles. The second-order valence-corrected chi connectivity index (χ2v) is 8.40. The Kier molecular flexibility index (Phi) is 6.87. The summed E-state index contributed by atoms with van der Waals surface area (Å²) in [6, 6.07) is 13.4. The number of aromatic hydroxyl groups is 1. The van der Waals surface area contributed by atoms with E-state index < -0.39 is 0 Å². The Morgan fingerprint density at radius 3 is 2.81 bits per heavy atom. The number of aromatic nitrogens is 1. The maximum atomic E-state index is 11.0. The molecule has 1 aliphatic heterocycles. The summed E-state index contributed by atoms with van der Waals surface area (Å²) < 4.78 is 0.896. The third-order valence-corrected chi connectivity index (χ3v) is 5.76. The van der Waals surface area contributed by atoms with Crippen molar-refractivity contribution in [3.05, 3.63) is 58.1 Å². The first-order valence-corrected chi connectivity index (χ1v) is 11.2. The van der Waals surface area contributed by atoms with Gasteiger partial charge in [0.25, 0.3) is 0 Å². The van der Waals surface area contributed by atoms with Crippen LogP contribution in [-0.2, 0) is 9.63 Å². The number of nitrogens with one attached hydrogen (secondary N) is 2. The number of unbranched alkanes of at least 4 members (excludes halogenated alkanes) is 3. The summed E-state index contributed by atoms with van der Waals surface area (Å²) in [6.45, 7) is 0.427. The fourth-order valence-corrected chi connectivity index (χ4v) is 4.06. The second-order valence-electron chi connectivity index (χ2n) is 7.49. The van der Waals surface area contributed by atoms with Crippen molar-refractivity contribution in [2.75, 3.05) is 6.61 Å². The van der Waals surface area contributed by atoms with Gasteiger partial charge in [-0.15, -0.1) is 0 Å². The summed E-state index contributed by atoms with van der Waals surface area (Å²) in [6.07, 6.45) is 3.55. The number of hydrogen-bond donors (Lipinski definition) is 4. The highest BCUT2D eigenvalue weighted by Crippen LogP contribution is 2.36. The Bertz CT molecular complexity index is 1200. The number of oxime groups is 1. The number of hydrogen-bond acceptors (Lipinski definition) is 6. The zero-order valence-corrected chi connectivity index (χ0v) is 18.9. The summed E-state index contributed by atoms with van der Waals surface area (Å²) in [4.78, 5) is 24.4. The molecule has 0 aliphatic carbocycles. The van der Waals surface area contributed by atoms with Gasteiger partial charge >= 0.3 is 0 Å². The van der Waals surface area contributed by atoms with Crippen molar-refractivity contribution in [2.45, 2.75) is 32.1 Å². The van der Waals surface area contributed by atoms with Crippen molar-refractivity contribution in [3.8, 4) is 5.88 Å². The number of carbonyl (C=O) groups is 1. The summed E-state index contributed by atoms with van der Waals surface area (Å²) in [7, 11) is 0. The zero-order chi connectivity index (χ0) is 22.5. The summed E-state index contributed by atoms with van der Waals surface area (Å²) in [5, 5.41) is 24.4. The molecule has 3 aromatic rings. The van der Waals surface area contributed by atoms with Crippen molar-refractivity contribution in [3.63, 3.8) is 0 Å². The monoisotopic (exact) mass is 498 g/mol. The zero-order valence-electron chi connectivity index (χ0n) is 17.3. The summed E-state index contributed by atoms with van der Waals surface area (Å²) >= 11 is 3.49. The van der Waals surface area contributed by atoms with Gasteiger partial charge in [-0.25, -0.2) is 10.5 Å². The molecule has 8 nitrogen and oxygen atoms in total. The highest BCUT2D eigenvalue weighted by Gasteiger charge is 2.29. The van der Waals surface area contributed by atoms with Gasteiger partial charge in [-0.3, -0.25) is 10.0 Å². The van der Waals surface area contributed by atoms with Crippen LogP contribution >= 0.6 is 15.9 Å². The molecule has 1 amide bonds. The van der Waals surface area contributed by atoms with Gasteiger partial charge in [-0.05, 0) is 43.5 Å². The first-order valence-electron chi connectivity index (χ1n) is 10.4. The normalized spacial score (nSPS) is 13.9. The van der Waals surface area contributed by atoms with Crippen molar-refractivity contribution >= 4 is 49.9 Å². The number of aliphatic imine (C=N–C) groups is 1. The highest BCUT2D eigenvalue weighted by molar-refractivity contribution is 9.10. The Balaban J connectivity index is 1.49. The Morgan fingerprint density at radius 2 is 1.97 bits per heavy atom. The van der Waals surface area contributed by atoms with Crippen LogP contribution in [0.1, 0.15) is 43.2 Å². The Labute approximate surface area is 193 Å². The predicted molar refractivity (Wildman–Crippen MR) is 126 cm³/mol. The van der Waals surface area contributed by atoms with Crippen LogP contribution in [-0.4, -0.2) is 39.2 Å². The molecule has 9 heteroatoms. The first kappa shape index (κ1) is 22.0. The molecule has 0 unspecified atom stereocenters. The fourth-order valence-electron chi connectivity index (χ4n) is 3.70. The summed E-state index contributed by atoms with van der Waals surface area (Å²) in [5.41, 5.74) is 5.78. The largest absolute Gasteiger partial charge is 0.494 e. The lowest BCUT2D eigenvalue weighted by atomic mass is 10.0. The average Bonchev–Trinajstić information content (AvgIpc) is 3.31. The number of fused-ring (bicyclic) bond motifs is 2. The molecule has 1 aromatic heterocycles. The standard InChI is InChI=1S/C23H23BrN4O4/c24-14-10-11-18-16(13-14)20(23(30)26-18)22-21(15-7-4-5-8-17(15)25-22)28-32-12-6-2-1-3-9-19(29)27-31/h4-5,7-8,10-11,13,26,30-31H,1-3,6,9,12H2,(H,27,29)/b28-21+. The fraction of sp³-hybridized carbons (Fsp3) is 0.261. The van der Waals surface area contributed by atoms with Gasteiger partial charge in [0.05, 0.1) is 11.3 Å². The minimum Gasteiger partial charge on any atom is -0.494 e. The van der Waals surface area contributed by atoms with Gasteiger partial charge in [-0.2, -0.15) is 0 Å². The lowest BCUT2D eigenvalue weighted by Crippen LogP contribution is -2.17. The van der Waals surface area contributed by atoms with E-state index in [-0.39, 0.29) is 11.8 Å². The third kappa shape index (κ3) is 4.68. The number of nitrogens with zero attached hydrogens (tertiary/aromatic N) is 2. The first-order chi connectivity index (χ1) is 15.6. The van der Waals surface area contributed by atoms with Crippen molar-refractivity contribution in [1.82, 2.24) is 10.5 Å². The number of halogens is 1. The summed E-state index contributed by atoms with van der Waals surface area (Å²) in [5.74, 6) is -0.337. The molecule has 0 atom stereocenters. The van der Waals surface area contributed by atoms with Gasteiger partial charge in [0, 0.05) is 27.4 Å². The molecule has 0 radical (unpaired) electrons. The molecule has 1 aliphatic rings. The molecule has 4 N–H and O–H groups in total. The van der Waals surface area contributed by atoms with Crippen LogP contribution in [0.3, 0.4) is 0 Å². The van der Waals surface area contributed by atoms with E-state index in [0.717, 1.165) is 45.9 Å². The third-order valence-electron chi connectivity index (χ3n) is 5.26. The molecule has 0 fully saturated rings. The average molecular weight is 499 g/mol. The Hall–Kier alpha value is -3.17. The minimum atomic E-state index is -0.369. The van der Waals surface area contributed by atoms with Gasteiger partial charge in [-0.1, -0.05) is 45.7 Å². The number of H-pyrrole nitrogens is 1. The molecular weight excluding hydrogens is 476 g/mol. The van der Waals surface area contributed by atoms with Crippen LogP contribution in [0.15, 0.2) is 57.1 Å². The molecule has 2 aromatic carbocycles. The van der Waals surface area contributed by atoms with Crippen LogP contribution in [0, 0.1) is 0 Å². The number of aromatic amines is 1. The number of para-hydroxylation sites is 1. The van der Waals surface area contributed by atoms with E-state index in [4.69, 9.17) is 15.0 Å². The lowest BCUT2D eigenvalue weighted by Gasteiger charge is -2.06. The molecular formula is C23H23BrN4O4. The number of rotatable bonds is 9. The van der Waals surface area contributed by atoms with Crippen molar-refractivity contribution < 1.29 is 19.9 Å². The van der Waals surface area contributed by atoms with E-state index in [1.165, 1.54) is 0 Å². The number of amides is 1. The van der Waals surface area contributed by atoms with Crippen LogP contribution in [0.25, 0.3) is 10.9 Å². The van der Waals surface area contributed by atoms with Gasteiger partial charge in [0.1, 0.15) is 18.0 Å². The van der Waals surface area contributed by atoms with Crippen LogP contribution in [0.2, 0.25) is 0 Å². The van der Waals surface area contributed by atoms with E-state index >= 15 is 0 Å². The molecule has 32 heavy (non-hydrogen) atoms. The molecule has 166 valence electrons. The quantitative estimate of drug-likeness (QED) is 0.189. The number of benzene rings is 2.